The highest BCUT2D eigenvalue weighted by Gasteiger charge is 2.17. The molecule has 1 heterocycles. The average Bonchev–Trinajstić information content (AvgIpc) is 2.14. The summed E-state index contributed by atoms with van der Waals surface area (Å²) < 4.78 is 3.76. The van der Waals surface area contributed by atoms with Crippen molar-refractivity contribution in [1.29, 1.82) is 0 Å². The van der Waals surface area contributed by atoms with Gasteiger partial charge in [0, 0.05) is 0 Å². The maximum absolute atomic E-state index is 2.30. The summed E-state index contributed by atoms with van der Waals surface area (Å²) in [5.74, 6) is 1.27. The number of hydrogen-bond donors (Lipinski definition) is 0. The highest BCUT2D eigenvalue weighted by Crippen LogP contribution is 2.17. The summed E-state index contributed by atoms with van der Waals surface area (Å²) in [6.07, 6.45) is 2.13. The van der Waals surface area contributed by atoms with Crippen LogP contribution < -0.4 is 24.0 Å². The summed E-state index contributed by atoms with van der Waals surface area (Å²) in [6, 6.07) is 0. The van der Waals surface area contributed by atoms with E-state index in [0.717, 1.165) is 0 Å². The Morgan fingerprint density at radius 2 is 2.33 bits per heavy atom. The van der Waals surface area contributed by atoms with E-state index < -0.39 is 0 Å². The molecule has 0 radical (unpaired) electrons. The lowest BCUT2D eigenvalue weighted by Crippen LogP contribution is -3.00. The van der Waals surface area contributed by atoms with Crippen LogP contribution in [0.25, 0.3) is 0 Å². The largest absolute Gasteiger partial charge is 1.00 e. The fraction of sp³-hybridized carbons (Fsp3) is 0.800. The predicted molar refractivity (Wildman–Crippen MR) is 42.0 cm³/mol. The second-order valence-electron chi connectivity index (χ2n) is 1.74. The Morgan fingerprint density at radius 1 is 1.67 bits per heavy atom. The molecule has 1 aliphatic heterocycles. The van der Waals surface area contributed by atoms with Gasteiger partial charge in [-0.25, -0.2) is 4.58 Å². The summed E-state index contributed by atoms with van der Waals surface area (Å²) >= 11 is 3.80. The third kappa shape index (κ3) is 2.67. The monoisotopic (exact) mass is 275 g/mol. The number of thioether (sulfide) groups is 2. The molecule has 0 aromatic heterocycles. The van der Waals surface area contributed by atoms with Crippen molar-refractivity contribution in [3.8, 4) is 0 Å². The molecule has 0 N–H and O–H groups in total. The molecule has 4 heteroatoms. The van der Waals surface area contributed by atoms with Crippen molar-refractivity contribution < 1.29 is 28.6 Å². The molecule has 0 spiro atoms. The molecule has 0 aromatic carbocycles. The van der Waals surface area contributed by atoms with E-state index in [-0.39, 0.29) is 24.0 Å². The molecule has 1 nitrogen and oxygen atoms in total. The van der Waals surface area contributed by atoms with Gasteiger partial charge in [-0.3, -0.25) is 0 Å². The van der Waals surface area contributed by atoms with Crippen LogP contribution in [0.5, 0.6) is 0 Å². The summed E-state index contributed by atoms with van der Waals surface area (Å²) in [7, 11) is 2.14. The fourth-order valence-corrected chi connectivity index (χ4v) is 2.66. The first-order chi connectivity index (χ1) is 3.84. The second-order valence-corrected chi connectivity index (χ2v) is 3.88. The lowest BCUT2D eigenvalue weighted by atomic mass is 10.7. The molecule has 0 bridgehead atoms. The minimum atomic E-state index is 0. The molecule has 1 rings (SSSR count). The van der Waals surface area contributed by atoms with Crippen LogP contribution in [0, 0.1) is 0 Å². The van der Waals surface area contributed by atoms with Gasteiger partial charge in [0.05, 0.1) is 5.75 Å². The van der Waals surface area contributed by atoms with Crippen LogP contribution >= 0.6 is 23.5 Å². The van der Waals surface area contributed by atoms with Gasteiger partial charge in [-0.2, -0.15) is 0 Å². The lowest BCUT2D eigenvalue weighted by molar-refractivity contribution is -0.483. The number of nitrogens with zero attached hydrogens (tertiary/aromatic N) is 1. The molecule has 0 unspecified atom stereocenters. The van der Waals surface area contributed by atoms with Gasteiger partial charge in [0.2, 0.25) is 0 Å². The zero-order chi connectivity index (χ0) is 5.98. The normalized spacial score (nSPS) is 18.0. The Balaban J connectivity index is 0.000000640. The van der Waals surface area contributed by atoms with E-state index >= 15 is 0 Å². The molecule has 1 aliphatic rings. The van der Waals surface area contributed by atoms with Crippen LogP contribution in [-0.2, 0) is 0 Å². The molecular formula is C5H10INS2. The van der Waals surface area contributed by atoms with Crippen LogP contribution in [0.1, 0.15) is 0 Å². The van der Waals surface area contributed by atoms with Crippen LogP contribution in [0.3, 0.4) is 0 Å². The van der Waals surface area contributed by atoms with Crippen LogP contribution in [0.15, 0.2) is 0 Å². The Labute approximate surface area is 81.7 Å². The lowest BCUT2D eigenvalue weighted by Gasteiger charge is -1.86. The van der Waals surface area contributed by atoms with Crippen LogP contribution in [-0.4, -0.2) is 34.6 Å². The van der Waals surface area contributed by atoms with Gasteiger partial charge in [-0.05, 0) is 18.0 Å². The Kier molecular flexibility index (Phi) is 5.44. The van der Waals surface area contributed by atoms with Gasteiger partial charge >= 0.3 is 0 Å². The molecule has 0 saturated heterocycles. The van der Waals surface area contributed by atoms with Crippen molar-refractivity contribution in [3.63, 3.8) is 0 Å². The Hall–Kier alpha value is 1.10. The first-order valence-electron chi connectivity index (χ1n) is 2.59. The number of halogens is 1. The van der Waals surface area contributed by atoms with E-state index in [0.29, 0.717) is 0 Å². The predicted octanol–water partition coefficient (Wildman–Crippen LogP) is -1.90. The van der Waals surface area contributed by atoms with E-state index in [4.69, 9.17) is 0 Å². The quantitative estimate of drug-likeness (QED) is 0.375. The topological polar surface area (TPSA) is 3.01 Å². The summed E-state index contributed by atoms with van der Waals surface area (Å²) in [6.45, 7) is 1.22. The SMILES string of the molecule is CSC1=[N+](C)CCS1.[I-]. The molecule has 0 amide bonds. The molecule has 0 fully saturated rings. The maximum atomic E-state index is 2.30. The fourth-order valence-electron chi connectivity index (χ4n) is 0.686. The van der Waals surface area contributed by atoms with Crippen molar-refractivity contribution in [2.75, 3.05) is 25.6 Å². The van der Waals surface area contributed by atoms with E-state index in [1.165, 1.54) is 16.7 Å². The Morgan fingerprint density at radius 3 is 2.56 bits per heavy atom. The minimum Gasteiger partial charge on any atom is -1.00 e. The van der Waals surface area contributed by atoms with Crippen molar-refractivity contribution in [1.82, 2.24) is 0 Å². The molecule has 0 atom stereocenters. The zero-order valence-electron chi connectivity index (χ0n) is 5.56. The highest BCUT2D eigenvalue weighted by molar-refractivity contribution is 8.38. The van der Waals surface area contributed by atoms with Gasteiger partial charge in [0.1, 0.15) is 7.05 Å². The van der Waals surface area contributed by atoms with E-state index in [9.17, 15) is 0 Å². The standard InChI is InChI=1S/C5H10NS2.HI/c1-6-3-4-8-5(6)7-2;/h3-4H2,1-2H3;1H/q+1;/p-1. The summed E-state index contributed by atoms with van der Waals surface area (Å²) in [5, 5.41) is 0. The summed E-state index contributed by atoms with van der Waals surface area (Å²) in [5.41, 5.74) is 0. The third-order valence-corrected chi connectivity index (χ3v) is 3.60. The van der Waals surface area contributed by atoms with Gasteiger partial charge in [0.15, 0.2) is 6.54 Å². The van der Waals surface area contributed by atoms with Gasteiger partial charge in [-0.1, -0.05) is 11.8 Å². The van der Waals surface area contributed by atoms with Crippen LogP contribution in [0.2, 0.25) is 0 Å². The van der Waals surface area contributed by atoms with Gasteiger partial charge in [0.25, 0.3) is 4.38 Å². The van der Waals surface area contributed by atoms with Gasteiger partial charge in [-0.15, -0.1) is 0 Å². The molecule has 0 saturated carbocycles. The van der Waals surface area contributed by atoms with Crippen molar-refractivity contribution in [2.45, 2.75) is 0 Å². The molecule has 54 valence electrons. The Bertz CT molecular complexity index is 124. The maximum Gasteiger partial charge on any atom is 0.269 e. The van der Waals surface area contributed by atoms with Gasteiger partial charge < -0.3 is 24.0 Å². The summed E-state index contributed by atoms with van der Waals surface area (Å²) in [4.78, 5) is 0. The highest BCUT2D eigenvalue weighted by atomic mass is 127. The average molecular weight is 275 g/mol. The van der Waals surface area contributed by atoms with Crippen molar-refractivity contribution >= 4 is 27.9 Å². The van der Waals surface area contributed by atoms with E-state index in [2.05, 4.69) is 17.9 Å². The first kappa shape index (κ1) is 10.1. The second kappa shape index (κ2) is 4.85. The number of rotatable bonds is 0. The smallest absolute Gasteiger partial charge is 0.269 e. The molecule has 0 aromatic rings. The minimum absolute atomic E-state index is 0. The molecule has 9 heavy (non-hydrogen) atoms. The zero-order valence-corrected chi connectivity index (χ0v) is 9.35. The third-order valence-electron chi connectivity index (χ3n) is 1.14. The molecular weight excluding hydrogens is 265 g/mol. The van der Waals surface area contributed by atoms with E-state index in [1.807, 2.05) is 23.5 Å². The molecule has 0 aliphatic carbocycles. The first-order valence-corrected chi connectivity index (χ1v) is 4.80. The number of hydrogen-bond acceptors (Lipinski definition) is 2. The van der Waals surface area contributed by atoms with Crippen molar-refractivity contribution in [2.24, 2.45) is 0 Å². The van der Waals surface area contributed by atoms with Crippen molar-refractivity contribution in [3.05, 3.63) is 0 Å². The van der Waals surface area contributed by atoms with E-state index in [1.54, 1.807) is 0 Å². The van der Waals surface area contributed by atoms with Crippen LogP contribution in [0.4, 0.5) is 0 Å².